The maximum absolute atomic E-state index is 12.5. The van der Waals surface area contributed by atoms with Gasteiger partial charge in [0.1, 0.15) is 5.75 Å². The lowest BCUT2D eigenvalue weighted by molar-refractivity contribution is 0.208. The van der Waals surface area contributed by atoms with E-state index in [0.717, 1.165) is 24.5 Å². The topological polar surface area (TPSA) is 44.8 Å². The van der Waals surface area contributed by atoms with Gasteiger partial charge in [-0.3, -0.25) is 0 Å². The zero-order chi connectivity index (χ0) is 18.7. The highest BCUT2D eigenvalue weighted by Crippen LogP contribution is 2.30. The van der Waals surface area contributed by atoms with Gasteiger partial charge in [-0.25, -0.2) is 4.79 Å². The summed E-state index contributed by atoms with van der Waals surface area (Å²) in [5.41, 5.74) is 2.88. The van der Waals surface area contributed by atoms with Gasteiger partial charge in [-0.1, -0.05) is 29.3 Å². The largest absolute Gasteiger partial charge is 0.495 e. The number of nitrogens with one attached hydrogen (secondary N) is 1. The predicted octanol–water partition coefficient (Wildman–Crippen LogP) is 4.66. The number of piperazine rings is 1. The highest BCUT2D eigenvalue weighted by molar-refractivity contribution is 6.42. The van der Waals surface area contributed by atoms with E-state index in [-0.39, 0.29) is 6.03 Å². The van der Waals surface area contributed by atoms with Crippen molar-refractivity contribution in [1.82, 2.24) is 4.90 Å². The summed E-state index contributed by atoms with van der Waals surface area (Å²) in [5.74, 6) is 0.851. The fraction of sp³-hybridized carbons (Fsp3) is 0.316. The highest BCUT2D eigenvalue weighted by Gasteiger charge is 2.23. The standard InChI is InChI=1S/C19H21Cl2N3O2/c1-13-3-6-18(26-2)17(11-13)23-7-9-24(10-8-23)19(25)22-14-4-5-15(20)16(21)12-14/h3-6,11-12H,7-10H2,1-2H3,(H,22,25). The summed E-state index contributed by atoms with van der Waals surface area (Å²) in [5, 5.41) is 3.75. The lowest BCUT2D eigenvalue weighted by Crippen LogP contribution is -2.50. The first-order valence-electron chi connectivity index (χ1n) is 8.38. The molecule has 2 amide bonds. The molecule has 0 atom stereocenters. The number of carbonyl (C=O) groups excluding carboxylic acids is 1. The average Bonchev–Trinajstić information content (AvgIpc) is 2.65. The van der Waals surface area contributed by atoms with Crippen LogP contribution in [0.3, 0.4) is 0 Å². The molecule has 0 aliphatic carbocycles. The summed E-state index contributed by atoms with van der Waals surface area (Å²) in [6.07, 6.45) is 0. The van der Waals surface area contributed by atoms with Crippen molar-refractivity contribution in [2.45, 2.75) is 6.92 Å². The lowest BCUT2D eigenvalue weighted by Gasteiger charge is -2.36. The summed E-state index contributed by atoms with van der Waals surface area (Å²) in [6.45, 7) is 4.81. The molecule has 1 saturated heterocycles. The quantitative estimate of drug-likeness (QED) is 0.823. The first kappa shape index (κ1) is 18.7. The normalized spacial score (nSPS) is 14.3. The Bertz CT molecular complexity index is 805. The van der Waals surface area contributed by atoms with Crippen LogP contribution >= 0.6 is 23.2 Å². The number of amides is 2. The molecule has 1 fully saturated rings. The van der Waals surface area contributed by atoms with Crippen molar-refractivity contribution in [3.8, 4) is 5.75 Å². The minimum Gasteiger partial charge on any atom is -0.495 e. The van der Waals surface area contributed by atoms with Crippen LogP contribution in [0.4, 0.5) is 16.2 Å². The van der Waals surface area contributed by atoms with Crippen molar-refractivity contribution in [1.29, 1.82) is 0 Å². The summed E-state index contributed by atoms with van der Waals surface area (Å²) in [4.78, 5) is 16.5. The summed E-state index contributed by atoms with van der Waals surface area (Å²) in [7, 11) is 1.68. The van der Waals surface area contributed by atoms with E-state index < -0.39 is 0 Å². The Morgan fingerprint density at radius 1 is 1.04 bits per heavy atom. The van der Waals surface area contributed by atoms with Crippen molar-refractivity contribution in [3.05, 3.63) is 52.0 Å². The molecule has 3 rings (SSSR count). The molecule has 0 aromatic heterocycles. The fourth-order valence-electron chi connectivity index (χ4n) is 2.97. The Morgan fingerprint density at radius 2 is 1.77 bits per heavy atom. The van der Waals surface area contributed by atoms with Crippen LogP contribution in [0.15, 0.2) is 36.4 Å². The van der Waals surface area contributed by atoms with Gasteiger partial charge in [-0.15, -0.1) is 0 Å². The molecule has 0 unspecified atom stereocenters. The van der Waals surface area contributed by atoms with Crippen LogP contribution in [0.5, 0.6) is 5.75 Å². The van der Waals surface area contributed by atoms with E-state index in [1.54, 1.807) is 30.2 Å². The van der Waals surface area contributed by atoms with Gasteiger partial charge in [-0.05, 0) is 42.8 Å². The van der Waals surface area contributed by atoms with Crippen LogP contribution < -0.4 is 15.0 Å². The molecule has 2 aromatic carbocycles. The van der Waals surface area contributed by atoms with Crippen molar-refractivity contribution >= 4 is 40.6 Å². The van der Waals surface area contributed by atoms with Gasteiger partial charge in [0.05, 0.1) is 22.8 Å². The number of ether oxygens (including phenoxy) is 1. The number of hydrogen-bond acceptors (Lipinski definition) is 3. The highest BCUT2D eigenvalue weighted by atomic mass is 35.5. The molecule has 0 saturated carbocycles. The van der Waals surface area contributed by atoms with Crippen molar-refractivity contribution < 1.29 is 9.53 Å². The number of carbonyl (C=O) groups is 1. The number of benzene rings is 2. The third-order valence-corrected chi connectivity index (χ3v) is 5.15. The molecule has 1 aliphatic heterocycles. The lowest BCUT2D eigenvalue weighted by atomic mass is 10.1. The second kappa shape index (κ2) is 8.06. The Hall–Kier alpha value is -2.11. The van der Waals surface area contributed by atoms with Crippen LogP contribution in [0.25, 0.3) is 0 Å². The first-order chi connectivity index (χ1) is 12.5. The van der Waals surface area contributed by atoms with Gasteiger partial charge in [0, 0.05) is 31.9 Å². The van der Waals surface area contributed by atoms with Gasteiger partial charge < -0.3 is 19.9 Å². The Morgan fingerprint density at radius 3 is 2.42 bits per heavy atom. The van der Waals surface area contributed by atoms with E-state index in [9.17, 15) is 4.79 Å². The Balaban J connectivity index is 1.62. The van der Waals surface area contributed by atoms with Gasteiger partial charge in [-0.2, -0.15) is 0 Å². The molecular weight excluding hydrogens is 373 g/mol. The number of nitrogens with zero attached hydrogens (tertiary/aromatic N) is 2. The molecule has 1 heterocycles. The number of rotatable bonds is 3. The average molecular weight is 394 g/mol. The van der Waals surface area contributed by atoms with Crippen LogP contribution in [0.2, 0.25) is 10.0 Å². The van der Waals surface area contributed by atoms with Crippen molar-refractivity contribution in [3.63, 3.8) is 0 Å². The van der Waals surface area contributed by atoms with Crippen LogP contribution in [-0.4, -0.2) is 44.2 Å². The number of aryl methyl sites for hydroxylation is 1. The van der Waals surface area contributed by atoms with Crippen LogP contribution in [-0.2, 0) is 0 Å². The van der Waals surface area contributed by atoms with E-state index in [1.165, 1.54) is 5.56 Å². The first-order valence-corrected chi connectivity index (χ1v) is 9.14. The zero-order valence-corrected chi connectivity index (χ0v) is 16.3. The molecule has 26 heavy (non-hydrogen) atoms. The Labute approximate surface area is 163 Å². The molecule has 0 radical (unpaired) electrons. The van der Waals surface area contributed by atoms with Crippen LogP contribution in [0, 0.1) is 6.92 Å². The van der Waals surface area contributed by atoms with Crippen molar-refractivity contribution in [2.24, 2.45) is 0 Å². The molecular formula is C19H21Cl2N3O2. The number of hydrogen-bond donors (Lipinski definition) is 1. The van der Waals surface area contributed by atoms with E-state index in [1.807, 2.05) is 12.1 Å². The zero-order valence-electron chi connectivity index (χ0n) is 14.8. The van der Waals surface area contributed by atoms with Gasteiger partial charge in [0.2, 0.25) is 0 Å². The minimum absolute atomic E-state index is 0.140. The maximum atomic E-state index is 12.5. The molecule has 2 aromatic rings. The van der Waals surface area contributed by atoms with Crippen LogP contribution in [0.1, 0.15) is 5.56 Å². The Kier molecular flexibility index (Phi) is 5.79. The number of methoxy groups -OCH3 is 1. The molecule has 7 heteroatoms. The summed E-state index contributed by atoms with van der Waals surface area (Å²) < 4.78 is 5.47. The van der Waals surface area contributed by atoms with E-state index in [4.69, 9.17) is 27.9 Å². The van der Waals surface area contributed by atoms with Crippen molar-refractivity contribution in [2.75, 3.05) is 43.5 Å². The van der Waals surface area contributed by atoms with E-state index >= 15 is 0 Å². The molecule has 1 aliphatic rings. The number of anilines is 2. The van der Waals surface area contributed by atoms with E-state index in [0.29, 0.717) is 28.8 Å². The third-order valence-electron chi connectivity index (χ3n) is 4.41. The monoisotopic (exact) mass is 393 g/mol. The molecule has 0 bridgehead atoms. The van der Waals surface area contributed by atoms with Gasteiger partial charge >= 0.3 is 6.03 Å². The molecule has 5 nitrogen and oxygen atoms in total. The fourth-order valence-corrected chi connectivity index (χ4v) is 3.27. The smallest absolute Gasteiger partial charge is 0.321 e. The predicted molar refractivity (Wildman–Crippen MR) is 107 cm³/mol. The number of halogens is 2. The molecule has 138 valence electrons. The summed E-state index contributed by atoms with van der Waals surface area (Å²) >= 11 is 11.9. The second-order valence-electron chi connectivity index (χ2n) is 6.21. The molecule has 0 spiro atoms. The summed E-state index contributed by atoms with van der Waals surface area (Å²) in [6, 6.07) is 11.0. The minimum atomic E-state index is -0.140. The maximum Gasteiger partial charge on any atom is 0.321 e. The van der Waals surface area contributed by atoms with Gasteiger partial charge in [0.15, 0.2) is 0 Å². The second-order valence-corrected chi connectivity index (χ2v) is 7.02. The van der Waals surface area contributed by atoms with E-state index in [2.05, 4.69) is 23.2 Å². The number of urea groups is 1. The molecule has 1 N–H and O–H groups in total. The van der Waals surface area contributed by atoms with Gasteiger partial charge in [0.25, 0.3) is 0 Å². The third kappa shape index (κ3) is 4.17. The SMILES string of the molecule is COc1ccc(C)cc1N1CCN(C(=O)Nc2ccc(Cl)c(Cl)c2)CC1.